The van der Waals surface area contributed by atoms with Gasteiger partial charge in [-0.25, -0.2) is 8.78 Å². The molecule has 4 nitrogen and oxygen atoms in total. The molecule has 1 aliphatic heterocycles. The standard InChI is InChI=1S/C17H15F2NO3S/c1-10(24-16-8-11(18)2-4-13(16)19)17(21)20-12-3-5-14-15(9-12)23-7-6-22-14/h2-5,8-10H,6-7H2,1H3,(H,20,21)/t10-/m0/s1. The molecule has 0 unspecified atom stereocenters. The van der Waals surface area contributed by atoms with Crippen LogP contribution in [-0.2, 0) is 4.79 Å². The first-order valence-corrected chi connectivity index (χ1v) is 8.23. The molecule has 0 spiro atoms. The Morgan fingerprint density at radius 3 is 2.67 bits per heavy atom. The molecule has 1 N–H and O–H groups in total. The molecule has 0 saturated carbocycles. The Morgan fingerprint density at radius 1 is 1.12 bits per heavy atom. The van der Waals surface area contributed by atoms with E-state index in [2.05, 4.69) is 5.32 Å². The van der Waals surface area contributed by atoms with E-state index in [0.717, 1.165) is 30.0 Å². The average molecular weight is 351 g/mol. The minimum Gasteiger partial charge on any atom is -0.486 e. The Kier molecular flexibility index (Phi) is 4.89. The fourth-order valence-corrected chi connectivity index (χ4v) is 3.08. The van der Waals surface area contributed by atoms with Crippen molar-refractivity contribution in [3.8, 4) is 11.5 Å². The van der Waals surface area contributed by atoms with Gasteiger partial charge in [0.25, 0.3) is 0 Å². The Morgan fingerprint density at radius 2 is 1.88 bits per heavy atom. The molecule has 24 heavy (non-hydrogen) atoms. The smallest absolute Gasteiger partial charge is 0.237 e. The van der Waals surface area contributed by atoms with Crippen LogP contribution in [-0.4, -0.2) is 24.4 Å². The summed E-state index contributed by atoms with van der Waals surface area (Å²) in [6, 6.07) is 8.25. The van der Waals surface area contributed by atoms with Crippen LogP contribution in [0, 0.1) is 11.6 Å². The van der Waals surface area contributed by atoms with Gasteiger partial charge in [0.1, 0.15) is 24.8 Å². The number of rotatable bonds is 4. The number of nitrogens with one attached hydrogen (secondary N) is 1. The summed E-state index contributed by atoms with van der Waals surface area (Å²) >= 11 is 0.958. The lowest BCUT2D eigenvalue weighted by molar-refractivity contribution is -0.115. The molecule has 0 saturated heterocycles. The molecule has 0 aliphatic carbocycles. The summed E-state index contributed by atoms with van der Waals surface area (Å²) in [5, 5.41) is 2.13. The van der Waals surface area contributed by atoms with Gasteiger partial charge in [0.2, 0.25) is 5.91 Å². The van der Waals surface area contributed by atoms with Crippen molar-refractivity contribution in [1.29, 1.82) is 0 Å². The van der Waals surface area contributed by atoms with Gasteiger partial charge in [0, 0.05) is 16.6 Å². The van der Waals surface area contributed by atoms with Crippen LogP contribution in [0.3, 0.4) is 0 Å². The number of ether oxygens (including phenoxy) is 2. The average Bonchev–Trinajstić information content (AvgIpc) is 2.58. The molecule has 126 valence electrons. The van der Waals surface area contributed by atoms with Crippen LogP contribution in [0.1, 0.15) is 6.92 Å². The van der Waals surface area contributed by atoms with E-state index < -0.39 is 16.9 Å². The third-order valence-electron chi connectivity index (χ3n) is 3.38. The van der Waals surface area contributed by atoms with Crippen LogP contribution >= 0.6 is 11.8 Å². The lowest BCUT2D eigenvalue weighted by Crippen LogP contribution is -2.23. The van der Waals surface area contributed by atoms with Gasteiger partial charge >= 0.3 is 0 Å². The summed E-state index contributed by atoms with van der Waals surface area (Å²) in [5.41, 5.74) is 0.552. The largest absolute Gasteiger partial charge is 0.486 e. The number of thioether (sulfide) groups is 1. The quantitative estimate of drug-likeness (QED) is 0.850. The number of halogens is 2. The first kappa shape index (κ1) is 16.6. The fraction of sp³-hybridized carbons (Fsp3) is 0.235. The third kappa shape index (κ3) is 3.79. The van der Waals surface area contributed by atoms with Crippen LogP contribution in [0.15, 0.2) is 41.3 Å². The second kappa shape index (κ2) is 7.09. The van der Waals surface area contributed by atoms with Gasteiger partial charge in [0.15, 0.2) is 11.5 Å². The number of hydrogen-bond donors (Lipinski definition) is 1. The number of amides is 1. The van der Waals surface area contributed by atoms with E-state index in [1.807, 2.05) is 0 Å². The van der Waals surface area contributed by atoms with Crippen molar-refractivity contribution >= 4 is 23.4 Å². The number of carbonyl (C=O) groups is 1. The third-order valence-corrected chi connectivity index (χ3v) is 4.51. The summed E-state index contributed by atoms with van der Waals surface area (Å²) in [4.78, 5) is 12.4. The van der Waals surface area contributed by atoms with Crippen molar-refractivity contribution in [3.05, 3.63) is 48.0 Å². The molecule has 1 atom stereocenters. The van der Waals surface area contributed by atoms with Crippen molar-refractivity contribution in [2.75, 3.05) is 18.5 Å². The second-order valence-electron chi connectivity index (χ2n) is 5.18. The Balaban J connectivity index is 1.67. The molecular weight excluding hydrogens is 336 g/mol. The first-order valence-electron chi connectivity index (χ1n) is 7.35. The SMILES string of the molecule is C[C@H](Sc1cc(F)ccc1F)C(=O)Nc1ccc2c(c1)OCCO2. The molecule has 2 aromatic carbocycles. The molecule has 1 heterocycles. The predicted molar refractivity (Wildman–Crippen MR) is 87.7 cm³/mol. The molecule has 0 aromatic heterocycles. The van der Waals surface area contributed by atoms with E-state index in [1.165, 1.54) is 0 Å². The minimum atomic E-state index is -0.602. The molecular formula is C17H15F2NO3S. The van der Waals surface area contributed by atoms with Crippen LogP contribution in [0.2, 0.25) is 0 Å². The monoisotopic (exact) mass is 351 g/mol. The van der Waals surface area contributed by atoms with Crippen LogP contribution < -0.4 is 14.8 Å². The van der Waals surface area contributed by atoms with Gasteiger partial charge in [-0.15, -0.1) is 11.8 Å². The number of fused-ring (bicyclic) bond motifs is 1. The van der Waals surface area contributed by atoms with Crippen LogP contribution in [0.5, 0.6) is 11.5 Å². The number of carbonyl (C=O) groups excluding carboxylic acids is 1. The predicted octanol–water partition coefficient (Wildman–Crippen LogP) is 3.86. The molecule has 0 radical (unpaired) electrons. The van der Waals surface area contributed by atoms with E-state index in [9.17, 15) is 13.6 Å². The molecule has 1 aliphatic rings. The van der Waals surface area contributed by atoms with Crippen molar-refractivity contribution < 1.29 is 23.0 Å². The lowest BCUT2D eigenvalue weighted by Gasteiger charge is -2.19. The van der Waals surface area contributed by atoms with Crippen LogP contribution in [0.25, 0.3) is 0 Å². The normalized spacial score (nSPS) is 14.1. The van der Waals surface area contributed by atoms with Gasteiger partial charge < -0.3 is 14.8 Å². The summed E-state index contributed by atoms with van der Waals surface area (Å²) in [6.45, 7) is 2.57. The van der Waals surface area contributed by atoms with E-state index in [4.69, 9.17) is 9.47 Å². The van der Waals surface area contributed by atoms with Gasteiger partial charge in [-0.3, -0.25) is 4.79 Å². The highest BCUT2D eigenvalue weighted by molar-refractivity contribution is 8.00. The second-order valence-corrected chi connectivity index (χ2v) is 6.57. The number of hydrogen-bond acceptors (Lipinski definition) is 4. The van der Waals surface area contributed by atoms with Gasteiger partial charge in [-0.05, 0) is 37.3 Å². The molecule has 0 bridgehead atoms. The number of anilines is 1. The Labute approximate surface area is 142 Å². The van der Waals surface area contributed by atoms with Crippen molar-refractivity contribution in [3.63, 3.8) is 0 Å². The van der Waals surface area contributed by atoms with Crippen molar-refractivity contribution in [2.24, 2.45) is 0 Å². The zero-order valence-corrected chi connectivity index (χ0v) is 13.7. The topological polar surface area (TPSA) is 47.6 Å². The van der Waals surface area contributed by atoms with Gasteiger partial charge in [0.05, 0.1) is 5.25 Å². The highest BCUT2D eigenvalue weighted by Gasteiger charge is 2.18. The molecule has 2 aromatic rings. The van der Waals surface area contributed by atoms with Gasteiger partial charge in [-0.2, -0.15) is 0 Å². The fourth-order valence-electron chi connectivity index (χ4n) is 2.18. The maximum Gasteiger partial charge on any atom is 0.237 e. The highest BCUT2D eigenvalue weighted by atomic mass is 32.2. The lowest BCUT2D eigenvalue weighted by atomic mass is 10.2. The van der Waals surface area contributed by atoms with E-state index in [0.29, 0.717) is 30.4 Å². The van der Waals surface area contributed by atoms with E-state index >= 15 is 0 Å². The summed E-state index contributed by atoms with van der Waals surface area (Å²) in [5.74, 6) is -0.224. The van der Waals surface area contributed by atoms with Crippen molar-refractivity contribution in [2.45, 2.75) is 17.1 Å². The minimum absolute atomic E-state index is 0.0971. The van der Waals surface area contributed by atoms with Crippen molar-refractivity contribution in [1.82, 2.24) is 0 Å². The maximum absolute atomic E-state index is 13.7. The van der Waals surface area contributed by atoms with Crippen LogP contribution in [0.4, 0.5) is 14.5 Å². The summed E-state index contributed by atoms with van der Waals surface area (Å²) < 4.78 is 37.7. The molecule has 7 heteroatoms. The highest BCUT2D eigenvalue weighted by Crippen LogP contribution is 2.33. The summed E-state index contributed by atoms with van der Waals surface area (Å²) in [7, 11) is 0. The van der Waals surface area contributed by atoms with Gasteiger partial charge in [-0.1, -0.05) is 0 Å². The Hall–Kier alpha value is -2.28. The molecule has 3 rings (SSSR count). The summed E-state index contributed by atoms with van der Waals surface area (Å²) in [6.07, 6.45) is 0. The Bertz CT molecular complexity index is 769. The first-order chi connectivity index (χ1) is 11.5. The zero-order valence-electron chi connectivity index (χ0n) is 12.8. The van der Waals surface area contributed by atoms with E-state index in [-0.39, 0.29) is 10.8 Å². The van der Waals surface area contributed by atoms with E-state index in [1.54, 1.807) is 25.1 Å². The molecule has 0 fully saturated rings. The maximum atomic E-state index is 13.7. The number of benzene rings is 2. The molecule has 1 amide bonds. The zero-order chi connectivity index (χ0) is 17.1.